The number of primary amides is 1. The van der Waals surface area contributed by atoms with Gasteiger partial charge in [0.15, 0.2) is 0 Å². The van der Waals surface area contributed by atoms with E-state index in [-0.39, 0.29) is 18.1 Å². The van der Waals surface area contributed by atoms with E-state index in [1.807, 2.05) is 12.1 Å². The predicted molar refractivity (Wildman–Crippen MR) is 65.0 cm³/mol. The van der Waals surface area contributed by atoms with Crippen LogP contribution in [0.1, 0.15) is 31.0 Å². The summed E-state index contributed by atoms with van der Waals surface area (Å²) in [6.45, 7) is 4.26. The van der Waals surface area contributed by atoms with Crippen LogP contribution in [-0.2, 0) is 16.1 Å². The Bertz CT molecular complexity index is 429. The van der Waals surface area contributed by atoms with Crippen LogP contribution in [0.25, 0.3) is 0 Å². The van der Waals surface area contributed by atoms with Crippen molar-refractivity contribution in [1.82, 2.24) is 5.48 Å². The minimum Gasteiger partial charge on any atom is -0.368 e. The Kier molecular flexibility index (Phi) is 3.17. The van der Waals surface area contributed by atoms with Crippen LogP contribution in [0, 0.1) is 5.41 Å². The van der Waals surface area contributed by atoms with Gasteiger partial charge in [0.05, 0.1) is 6.04 Å². The molecule has 1 aromatic rings. The molecule has 0 saturated heterocycles. The molecule has 4 nitrogen and oxygen atoms in total. The second-order valence-electron chi connectivity index (χ2n) is 5.17. The van der Waals surface area contributed by atoms with Gasteiger partial charge in [-0.25, -0.2) is 0 Å². The van der Waals surface area contributed by atoms with Crippen LogP contribution in [0.3, 0.4) is 0 Å². The number of carbonyl (C=O) groups is 1. The van der Waals surface area contributed by atoms with Gasteiger partial charge >= 0.3 is 0 Å². The first-order chi connectivity index (χ1) is 8.00. The van der Waals surface area contributed by atoms with E-state index in [2.05, 4.69) is 31.5 Å². The molecule has 4 heteroatoms. The zero-order valence-electron chi connectivity index (χ0n) is 10.2. The van der Waals surface area contributed by atoms with Gasteiger partial charge in [0.2, 0.25) is 5.91 Å². The normalized spacial score (nSPS) is 21.2. The second-order valence-corrected chi connectivity index (χ2v) is 5.17. The minimum absolute atomic E-state index is 0.0708. The number of carbonyl (C=O) groups excluding carboxylic acids is 1. The van der Waals surface area contributed by atoms with Gasteiger partial charge in [-0.1, -0.05) is 38.1 Å². The van der Waals surface area contributed by atoms with Gasteiger partial charge in [-0.2, -0.15) is 5.48 Å². The average Bonchev–Trinajstić information content (AvgIpc) is 2.49. The molecule has 1 unspecified atom stereocenters. The lowest BCUT2D eigenvalue weighted by Gasteiger charge is -2.27. The molecule has 0 aliphatic heterocycles. The third-order valence-corrected chi connectivity index (χ3v) is 3.21. The van der Waals surface area contributed by atoms with Gasteiger partial charge < -0.3 is 5.73 Å². The summed E-state index contributed by atoms with van der Waals surface area (Å²) in [7, 11) is 0. The summed E-state index contributed by atoms with van der Waals surface area (Å²) in [5.74, 6) is -0.471. The minimum atomic E-state index is -0.471. The van der Waals surface area contributed by atoms with Crippen LogP contribution < -0.4 is 11.2 Å². The number of nitrogens with two attached hydrogens (primary N) is 1. The summed E-state index contributed by atoms with van der Waals surface area (Å²) in [6, 6.07) is 8.38. The first-order valence-electron chi connectivity index (χ1n) is 5.74. The van der Waals surface area contributed by atoms with Gasteiger partial charge in [-0.15, -0.1) is 0 Å². The molecule has 0 fully saturated rings. The van der Waals surface area contributed by atoms with Crippen LogP contribution in [0.15, 0.2) is 24.3 Å². The fourth-order valence-corrected chi connectivity index (χ4v) is 2.41. The highest BCUT2D eigenvalue weighted by Crippen LogP contribution is 2.44. The lowest BCUT2D eigenvalue weighted by atomic mass is 9.86. The van der Waals surface area contributed by atoms with Crippen LogP contribution in [0.2, 0.25) is 0 Å². The molecule has 1 aliphatic rings. The van der Waals surface area contributed by atoms with Gasteiger partial charge in [-0.3, -0.25) is 9.63 Å². The first kappa shape index (κ1) is 12.1. The van der Waals surface area contributed by atoms with Crippen LogP contribution in [-0.4, -0.2) is 12.5 Å². The first-order valence-corrected chi connectivity index (χ1v) is 5.74. The molecule has 1 atom stereocenters. The number of nitrogens with one attached hydrogen (secondary N) is 1. The van der Waals surface area contributed by atoms with E-state index in [9.17, 15) is 4.79 Å². The fourth-order valence-electron chi connectivity index (χ4n) is 2.41. The molecule has 92 valence electrons. The monoisotopic (exact) mass is 234 g/mol. The third kappa shape index (κ3) is 2.48. The van der Waals surface area contributed by atoms with Crippen molar-refractivity contribution >= 4 is 5.91 Å². The van der Waals surface area contributed by atoms with E-state index in [0.717, 1.165) is 6.42 Å². The molecule has 0 saturated carbocycles. The lowest BCUT2D eigenvalue weighted by molar-refractivity contribution is -0.127. The Balaban J connectivity index is 2.11. The maximum atomic E-state index is 10.6. The van der Waals surface area contributed by atoms with Crippen molar-refractivity contribution in [1.29, 1.82) is 0 Å². The topological polar surface area (TPSA) is 64.3 Å². The maximum absolute atomic E-state index is 10.6. The zero-order chi connectivity index (χ0) is 12.5. The van der Waals surface area contributed by atoms with Gasteiger partial charge in [-0.05, 0) is 23.0 Å². The highest BCUT2D eigenvalue weighted by atomic mass is 16.6. The summed E-state index contributed by atoms with van der Waals surface area (Å²) < 4.78 is 0. The van der Waals surface area contributed by atoms with Crippen LogP contribution in [0.5, 0.6) is 0 Å². The molecule has 1 aromatic carbocycles. The van der Waals surface area contributed by atoms with E-state index >= 15 is 0 Å². The van der Waals surface area contributed by atoms with E-state index < -0.39 is 5.91 Å². The highest BCUT2D eigenvalue weighted by molar-refractivity contribution is 5.74. The zero-order valence-corrected chi connectivity index (χ0v) is 10.2. The molecule has 3 N–H and O–H groups in total. The summed E-state index contributed by atoms with van der Waals surface area (Å²) >= 11 is 0. The molecule has 0 bridgehead atoms. The van der Waals surface area contributed by atoms with E-state index in [4.69, 9.17) is 10.6 Å². The van der Waals surface area contributed by atoms with Crippen LogP contribution >= 0.6 is 0 Å². The Morgan fingerprint density at radius 2 is 2.24 bits per heavy atom. The molecule has 1 amide bonds. The van der Waals surface area contributed by atoms with Crippen molar-refractivity contribution in [2.45, 2.75) is 26.3 Å². The van der Waals surface area contributed by atoms with Crippen molar-refractivity contribution in [3.63, 3.8) is 0 Å². The van der Waals surface area contributed by atoms with E-state index in [0.29, 0.717) is 0 Å². The number of rotatable bonds is 4. The molecule has 0 aromatic heterocycles. The number of hydrogen-bond donors (Lipinski definition) is 2. The molecule has 2 rings (SSSR count). The lowest BCUT2D eigenvalue weighted by Crippen LogP contribution is -2.33. The van der Waals surface area contributed by atoms with Crippen LogP contribution in [0.4, 0.5) is 0 Å². The maximum Gasteiger partial charge on any atom is 0.245 e. The van der Waals surface area contributed by atoms with Gasteiger partial charge in [0.1, 0.15) is 6.61 Å². The third-order valence-electron chi connectivity index (χ3n) is 3.21. The van der Waals surface area contributed by atoms with Crippen molar-refractivity contribution in [3.05, 3.63) is 35.4 Å². The van der Waals surface area contributed by atoms with Gasteiger partial charge in [0, 0.05) is 0 Å². The highest BCUT2D eigenvalue weighted by Gasteiger charge is 2.38. The number of amides is 1. The van der Waals surface area contributed by atoms with Crippen molar-refractivity contribution in [2.24, 2.45) is 11.1 Å². The molecule has 1 aliphatic carbocycles. The fraction of sp³-hybridized carbons (Fsp3) is 0.462. The Morgan fingerprint density at radius 3 is 2.94 bits per heavy atom. The SMILES string of the molecule is CC1(C)Cc2ccccc2C1NOCC(N)=O. The summed E-state index contributed by atoms with van der Waals surface area (Å²) in [5, 5.41) is 0. The van der Waals surface area contributed by atoms with Crippen molar-refractivity contribution in [3.8, 4) is 0 Å². The molecular weight excluding hydrogens is 216 g/mol. The quantitative estimate of drug-likeness (QED) is 0.772. The average molecular weight is 234 g/mol. The summed E-state index contributed by atoms with van der Waals surface area (Å²) in [5.41, 5.74) is 10.6. The molecule has 0 heterocycles. The molecule has 0 spiro atoms. The Labute approximate surface area is 101 Å². The van der Waals surface area contributed by atoms with E-state index in [1.165, 1.54) is 11.1 Å². The largest absolute Gasteiger partial charge is 0.368 e. The number of fused-ring (bicyclic) bond motifs is 1. The van der Waals surface area contributed by atoms with Gasteiger partial charge in [0.25, 0.3) is 0 Å². The summed E-state index contributed by atoms with van der Waals surface area (Å²) in [4.78, 5) is 15.8. The molecule has 0 radical (unpaired) electrons. The predicted octanol–water partition coefficient (Wildman–Crippen LogP) is 1.32. The number of benzene rings is 1. The molecular formula is C13H18N2O2. The molecule has 17 heavy (non-hydrogen) atoms. The van der Waals surface area contributed by atoms with Crippen molar-refractivity contribution in [2.75, 3.05) is 6.61 Å². The van der Waals surface area contributed by atoms with Crippen molar-refractivity contribution < 1.29 is 9.63 Å². The Hall–Kier alpha value is -1.39. The van der Waals surface area contributed by atoms with E-state index in [1.54, 1.807) is 0 Å². The summed E-state index contributed by atoms with van der Waals surface area (Å²) in [6.07, 6.45) is 1.00. The smallest absolute Gasteiger partial charge is 0.245 e. The second kappa shape index (κ2) is 4.47. The number of hydroxylamine groups is 1. The Morgan fingerprint density at radius 1 is 1.53 bits per heavy atom. The standard InChI is InChI=1S/C13H18N2O2/c1-13(2)7-9-5-3-4-6-10(9)12(13)15-17-8-11(14)16/h3-6,12,15H,7-8H2,1-2H3,(H2,14,16). The number of hydrogen-bond acceptors (Lipinski definition) is 3.